The third kappa shape index (κ3) is 5.45. The molecule has 30 heavy (non-hydrogen) atoms. The van der Waals surface area contributed by atoms with Gasteiger partial charge in [-0.25, -0.2) is 19.2 Å². The van der Waals surface area contributed by atoms with E-state index in [0.717, 1.165) is 12.8 Å². The summed E-state index contributed by atoms with van der Waals surface area (Å²) in [6.45, 7) is 6.83. The quantitative estimate of drug-likeness (QED) is 0.706. The largest absolute Gasteiger partial charge is 0.444 e. The second kappa shape index (κ2) is 8.96. The summed E-state index contributed by atoms with van der Waals surface area (Å²) < 4.78 is 20.0. The normalized spacial score (nSPS) is 14.9. The summed E-state index contributed by atoms with van der Waals surface area (Å²) in [6.07, 6.45) is 2.70. The Balaban J connectivity index is 1.68. The van der Waals surface area contributed by atoms with Gasteiger partial charge < -0.3 is 15.0 Å². The number of rotatable bonds is 3. The fourth-order valence-corrected chi connectivity index (χ4v) is 3.58. The topological polar surface area (TPSA) is 91.1 Å². The molecule has 1 aliphatic heterocycles. The number of nitriles is 1. The van der Waals surface area contributed by atoms with Crippen LogP contribution in [0.1, 0.15) is 39.2 Å². The molecule has 1 aromatic heterocycles. The number of piperidine rings is 1. The van der Waals surface area contributed by atoms with Gasteiger partial charge in [0.05, 0.1) is 15.7 Å². The van der Waals surface area contributed by atoms with Gasteiger partial charge in [0.2, 0.25) is 5.95 Å². The molecule has 0 bridgehead atoms. The zero-order valence-corrected chi connectivity index (χ0v) is 18.7. The van der Waals surface area contributed by atoms with Gasteiger partial charge >= 0.3 is 6.09 Å². The number of carbonyl (C=O) groups is 1. The minimum atomic E-state index is -0.587. The molecular weight excluding hydrogens is 453 g/mol. The smallest absolute Gasteiger partial charge is 0.407 e. The fourth-order valence-electron chi connectivity index (χ4n) is 3.16. The Morgan fingerprint density at radius 2 is 2.07 bits per heavy atom. The maximum Gasteiger partial charge on any atom is 0.407 e. The van der Waals surface area contributed by atoms with E-state index >= 15 is 0 Å². The van der Waals surface area contributed by atoms with E-state index in [0.29, 0.717) is 34.8 Å². The molecule has 1 amide bonds. The van der Waals surface area contributed by atoms with Crippen molar-refractivity contribution in [1.82, 2.24) is 15.3 Å². The van der Waals surface area contributed by atoms with Crippen LogP contribution in [0.5, 0.6) is 0 Å². The first-order chi connectivity index (χ1) is 14.2. The monoisotopic (exact) mass is 475 g/mol. The molecule has 2 aromatic rings. The molecule has 9 heteroatoms. The Morgan fingerprint density at radius 1 is 1.37 bits per heavy atom. The lowest BCUT2D eigenvalue weighted by Crippen LogP contribution is -2.46. The van der Waals surface area contributed by atoms with Crippen LogP contribution in [0, 0.1) is 17.1 Å². The van der Waals surface area contributed by atoms with Crippen LogP contribution in [-0.4, -0.2) is 40.8 Å². The predicted octanol–water partition coefficient (Wildman–Crippen LogP) is 4.41. The molecular formula is C21H23BrFN5O2. The lowest BCUT2D eigenvalue weighted by molar-refractivity contribution is 0.0497. The van der Waals surface area contributed by atoms with Gasteiger partial charge in [0, 0.05) is 30.9 Å². The second-order valence-electron chi connectivity index (χ2n) is 8.08. The Morgan fingerprint density at radius 3 is 2.67 bits per heavy atom. The lowest BCUT2D eigenvalue weighted by atomic mass is 10.1. The molecule has 0 spiro atoms. The summed E-state index contributed by atoms with van der Waals surface area (Å²) in [5, 5.41) is 11.8. The number of anilines is 1. The summed E-state index contributed by atoms with van der Waals surface area (Å²) in [7, 11) is 0. The minimum Gasteiger partial charge on any atom is -0.444 e. The van der Waals surface area contributed by atoms with E-state index in [2.05, 4.69) is 31.2 Å². The number of hydrogen-bond acceptors (Lipinski definition) is 6. The van der Waals surface area contributed by atoms with Crippen molar-refractivity contribution in [3.63, 3.8) is 0 Å². The maximum absolute atomic E-state index is 14.0. The molecule has 0 unspecified atom stereocenters. The van der Waals surface area contributed by atoms with Crippen molar-refractivity contribution in [1.29, 1.82) is 5.26 Å². The van der Waals surface area contributed by atoms with Crippen LogP contribution in [0.25, 0.3) is 11.3 Å². The van der Waals surface area contributed by atoms with Crippen molar-refractivity contribution in [3.05, 3.63) is 40.2 Å². The van der Waals surface area contributed by atoms with Gasteiger partial charge in [-0.05, 0) is 61.7 Å². The second-order valence-corrected chi connectivity index (χ2v) is 8.93. The van der Waals surface area contributed by atoms with Gasteiger partial charge in [-0.2, -0.15) is 5.26 Å². The van der Waals surface area contributed by atoms with Crippen LogP contribution in [0.4, 0.5) is 15.1 Å². The third-order valence-electron chi connectivity index (χ3n) is 4.59. The van der Waals surface area contributed by atoms with Gasteiger partial charge in [0.15, 0.2) is 0 Å². The van der Waals surface area contributed by atoms with Crippen LogP contribution in [-0.2, 0) is 4.74 Å². The predicted molar refractivity (Wildman–Crippen MR) is 114 cm³/mol. The van der Waals surface area contributed by atoms with E-state index in [1.54, 1.807) is 12.3 Å². The molecule has 0 saturated carbocycles. The van der Waals surface area contributed by atoms with E-state index in [1.165, 1.54) is 12.1 Å². The molecule has 1 N–H and O–H groups in total. The first kappa shape index (κ1) is 22.0. The molecule has 1 aromatic carbocycles. The van der Waals surface area contributed by atoms with Crippen molar-refractivity contribution < 1.29 is 13.9 Å². The van der Waals surface area contributed by atoms with Gasteiger partial charge in [0.1, 0.15) is 17.5 Å². The summed E-state index contributed by atoms with van der Waals surface area (Å²) in [4.78, 5) is 23.0. The van der Waals surface area contributed by atoms with Crippen molar-refractivity contribution in [2.75, 3.05) is 18.0 Å². The van der Waals surface area contributed by atoms with Crippen LogP contribution < -0.4 is 10.2 Å². The highest BCUT2D eigenvalue weighted by atomic mass is 79.9. The number of carbonyl (C=O) groups excluding carboxylic acids is 1. The molecule has 7 nitrogen and oxygen atoms in total. The number of nitrogens with one attached hydrogen (secondary N) is 1. The fraction of sp³-hybridized carbons (Fsp3) is 0.429. The Bertz CT molecular complexity index is 978. The van der Waals surface area contributed by atoms with Crippen LogP contribution in [0.15, 0.2) is 28.9 Å². The Hall–Kier alpha value is -2.73. The highest BCUT2D eigenvalue weighted by molar-refractivity contribution is 9.10. The van der Waals surface area contributed by atoms with Gasteiger partial charge in [-0.15, -0.1) is 0 Å². The molecule has 1 fully saturated rings. The molecule has 158 valence electrons. The average Bonchev–Trinajstić information content (AvgIpc) is 2.67. The number of halogens is 2. The highest BCUT2D eigenvalue weighted by Crippen LogP contribution is 2.29. The summed E-state index contributed by atoms with van der Waals surface area (Å²) in [5.41, 5.74) is 0.571. The molecule has 1 aliphatic rings. The molecule has 3 rings (SSSR count). The number of alkyl carbamates (subject to hydrolysis) is 1. The number of amides is 1. The van der Waals surface area contributed by atoms with Crippen LogP contribution in [0.2, 0.25) is 0 Å². The molecule has 0 atom stereocenters. The zero-order valence-electron chi connectivity index (χ0n) is 17.1. The summed E-state index contributed by atoms with van der Waals surface area (Å²) in [5.74, 6) is -0.0511. The number of benzene rings is 1. The summed E-state index contributed by atoms with van der Waals surface area (Å²) >= 11 is 3.42. The van der Waals surface area contributed by atoms with Gasteiger partial charge in [0.25, 0.3) is 0 Å². The average molecular weight is 476 g/mol. The number of nitrogens with zero attached hydrogens (tertiary/aromatic N) is 4. The lowest BCUT2D eigenvalue weighted by Gasteiger charge is -2.33. The van der Waals surface area contributed by atoms with Gasteiger partial charge in [-0.1, -0.05) is 6.07 Å². The molecule has 0 aliphatic carbocycles. The molecule has 2 heterocycles. The SMILES string of the molecule is CC(C)(C)OC(=O)NC1CCN(c2ncc(Br)c(-c3ccc(C#N)c(F)c3)n2)CC1. The van der Waals surface area contributed by atoms with E-state index in [1.807, 2.05) is 31.7 Å². The van der Waals surface area contributed by atoms with Gasteiger partial charge in [-0.3, -0.25) is 0 Å². The van der Waals surface area contributed by atoms with Crippen LogP contribution >= 0.6 is 15.9 Å². The number of aromatic nitrogens is 2. The zero-order chi connectivity index (χ0) is 21.9. The molecule has 1 saturated heterocycles. The summed E-state index contributed by atoms with van der Waals surface area (Å²) in [6, 6.07) is 6.24. The maximum atomic E-state index is 14.0. The first-order valence-corrected chi connectivity index (χ1v) is 10.4. The third-order valence-corrected chi connectivity index (χ3v) is 5.17. The Kier molecular flexibility index (Phi) is 6.56. The number of ether oxygens (including phenoxy) is 1. The number of hydrogen-bond donors (Lipinski definition) is 1. The first-order valence-electron chi connectivity index (χ1n) is 9.63. The van der Waals surface area contributed by atoms with Crippen molar-refractivity contribution in [3.8, 4) is 17.3 Å². The van der Waals surface area contributed by atoms with E-state index in [4.69, 9.17) is 10.00 Å². The van der Waals surface area contributed by atoms with E-state index in [-0.39, 0.29) is 11.6 Å². The van der Waals surface area contributed by atoms with E-state index in [9.17, 15) is 9.18 Å². The van der Waals surface area contributed by atoms with Crippen molar-refractivity contribution in [2.24, 2.45) is 0 Å². The standard InChI is InChI=1S/C21H23BrFN5O2/c1-21(2,3)30-20(29)26-15-6-8-28(9-7-15)19-25-12-16(22)18(27-19)13-4-5-14(11-24)17(23)10-13/h4-5,10,12,15H,6-9H2,1-3H3,(H,26,29). The van der Waals surface area contributed by atoms with Crippen LogP contribution in [0.3, 0.4) is 0 Å². The molecule has 0 radical (unpaired) electrons. The van der Waals surface area contributed by atoms with Crippen molar-refractivity contribution in [2.45, 2.75) is 45.3 Å². The minimum absolute atomic E-state index is 0.0105. The van der Waals surface area contributed by atoms with Crippen molar-refractivity contribution >= 4 is 28.0 Å². The Labute approximate surface area is 183 Å². The highest BCUT2D eigenvalue weighted by Gasteiger charge is 2.25. The van der Waals surface area contributed by atoms with E-state index < -0.39 is 17.5 Å².